The first-order chi connectivity index (χ1) is 9.08. The molecule has 100 valence electrons. The van der Waals surface area contributed by atoms with Crippen LogP contribution in [0.1, 0.15) is 18.9 Å². The zero-order valence-electron chi connectivity index (χ0n) is 10.9. The molecule has 0 saturated heterocycles. The Labute approximate surface area is 124 Å². The molecule has 0 bridgehead atoms. The number of aryl methyl sites for hydroxylation is 1. The Morgan fingerprint density at radius 3 is 2.58 bits per heavy atom. The lowest BCUT2D eigenvalue weighted by Gasteiger charge is -2.09. The van der Waals surface area contributed by atoms with Crippen molar-refractivity contribution >= 4 is 23.2 Å². The Morgan fingerprint density at radius 2 is 1.84 bits per heavy atom. The summed E-state index contributed by atoms with van der Waals surface area (Å²) in [4.78, 5) is 0. The molecule has 0 radical (unpaired) electrons. The van der Waals surface area contributed by atoms with Crippen molar-refractivity contribution < 1.29 is 0 Å². The lowest BCUT2D eigenvalue weighted by atomic mass is 10.00. The van der Waals surface area contributed by atoms with Crippen molar-refractivity contribution in [3.8, 4) is 11.1 Å². The fourth-order valence-electron chi connectivity index (χ4n) is 2.02. The van der Waals surface area contributed by atoms with Crippen molar-refractivity contribution in [1.82, 2.24) is 0 Å². The molecule has 0 saturated carbocycles. The van der Waals surface area contributed by atoms with Crippen LogP contribution < -0.4 is 5.73 Å². The maximum atomic E-state index is 6.26. The van der Waals surface area contributed by atoms with Crippen molar-refractivity contribution in [3.63, 3.8) is 0 Å². The smallest absolute Gasteiger partial charge is 0.0670 e. The Hall–Kier alpha value is -1.02. The SMILES string of the molecule is CC(N)CCc1cccc(-c2cccc(Cl)c2Cl)c1. The van der Waals surface area contributed by atoms with Gasteiger partial charge in [-0.05, 0) is 37.0 Å². The largest absolute Gasteiger partial charge is 0.328 e. The van der Waals surface area contributed by atoms with E-state index in [4.69, 9.17) is 28.9 Å². The van der Waals surface area contributed by atoms with Gasteiger partial charge in [0.05, 0.1) is 10.0 Å². The molecule has 0 heterocycles. The van der Waals surface area contributed by atoms with Gasteiger partial charge in [-0.1, -0.05) is 59.6 Å². The topological polar surface area (TPSA) is 26.0 Å². The van der Waals surface area contributed by atoms with Crippen LogP contribution in [0.2, 0.25) is 10.0 Å². The van der Waals surface area contributed by atoms with Gasteiger partial charge in [0.15, 0.2) is 0 Å². The van der Waals surface area contributed by atoms with Crippen LogP contribution in [0.5, 0.6) is 0 Å². The number of rotatable bonds is 4. The first-order valence-corrected chi connectivity index (χ1v) is 7.12. The average Bonchev–Trinajstić information content (AvgIpc) is 2.40. The summed E-state index contributed by atoms with van der Waals surface area (Å²) in [6.45, 7) is 2.03. The average molecular weight is 294 g/mol. The molecule has 0 spiro atoms. The van der Waals surface area contributed by atoms with Gasteiger partial charge < -0.3 is 5.73 Å². The minimum absolute atomic E-state index is 0.221. The van der Waals surface area contributed by atoms with E-state index in [0.29, 0.717) is 10.0 Å². The second kappa shape index (κ2) is 6.42. The van der Waals surface area contributed by atoms with Gasteiger partial charge in [-0.15, -0.1) is 0 Å². The van der Waals surface area contributed by atoms with Crippen LogP contribution in [0, 0.1) is 0 Å². The van der Waals surface area contributed by atoms with Crippen LogP contribution in [0.25, 0.3) is 11.1 Å². The summed E-state index contributed by atoms with van der Waals surface area (Å²) >= 11 is 12.3. The molecule has 0 aliphatic rings. The van der Waals surface area contributed by atoms with Crippen molar-refractivity contribution in [2.24, 2.45) is 5.73 Å². The number of halogens is 2. The minimum Gasteiger partial charge on any atom is -0.328 e. The van der Waals surface area contributed by atoms with Crippen LogP contribution in [0.15, 0.2) is 42.5 Å². The number of hydrogen-bond donors (Lipinski definition) is 1. The van der Waals surface area contributed by atoms with E-state index >= 15 is 0 Å². The summed E-state index contributed by atoms with van der Waals surface area (Å²) in [5.41, 5.74) is 9.13. The first-order valence-electron chi connectivity index (χ1n) is 6.37. The maximum absolute atomic E-state index is 6.26. The van der Waals surface area contributed by atoms with E-state index in [2.05, 4.69) is 12.1 Å². The third-order valence-electron chi connectivity index (χ3n) is 3.08. The monoisotopic (exact) mass is 293 g/mol. The molecule has 2 N–H and O–H groups in total. The van der Waals surface area contributed by atoms with Crippen molar-refractivity contribution in [1.29, 1.82) is 0 Å². The molecule has 1 nitrogen and oxygen atoms in total. The molecule has 0 amide bonds. The lowest BCUT2D eigenvalue weighted by molar-refractivity contribution is 0.666. The van der Waals surface area contributed by atoms with Crippen molar-refractivity contribution in [3.05, 3.63) is 58.1 Å². The molecule has 1 unspecified atom stereocenters. The second-order valence-corrected chi connectivity index (χ2v) is 5.60. The molecule has 2 rings (SSSR count). The lowest BCUT2D eigenvalue weighted by Crippen LogP contribution is -2.15. The predicted molar refractivity (Wildman–Crippen MR) is 83.9 cm³/mol. The Kier molecular flexibility index (Phi) is 4.87. The highest BCUT2D eigenvalue weighted by molar-refractivity contribution is 6.43. The maximum Gasteiger partial charge on any atom is 0.0670 e. The fraction of sp³-hybridized carbons (Fsp3) is 0.250. The summed E-state index contributed by atoms with van der Waals surface area (Å²) in [6.07, 6.45) is 1.95. The van der Waals surface area contributed by atoms with Gasteiger partial charge in [-0.2, -0.15) is 0 Å². The minimum atomic E-state index is 0.221. The van der Waals surface area contributed by atoms with E-state index in [1.165, 1.54) is 5.56 Å². The second-order valence-electron chi connectivity index (χ2n) is 4.82. The molecular formula is C16H17Cl2N. The highest BCUT2D eigenvalue weighted by Crippen LogP contribution is 2.33. The van der Waals surface area contributed by atoms with Crippen LogP contribution in [-0.2, 0) is 6.42 Å². The molecule has 2 aromatic carbocycles. The van der Waals surface area contributed by atoms with Gasteiger partial charge in [0.2, 0.25) is 0 Å². The van der Waals surface area contributed by atoms with Crippen molar-refractivity contribution in [2.75, 3.05) is 0 Å². The molecule has 19 heavy (non-hydrogen) atoms. The standard InChI is InChI=1S/C16H17Cl2N/c1-11(19)8-9-12-4-2-5-13(10-12)14-6-3-7-15(17)16(14)18/h2-7,10-11H,8-9,19H2,1H3. The Bertz CT molecular complexity index is 564. The summed E-state index contributed by atoms with van der Waals surface area (Å²) in [7, 11) is 0. The quantitative estimate of drug-likeness (QED) is 0.849. The van der Waals surface area contributed by atoms with Gasteiger partial charge in [-0.25, -0.2) is 0 Å². The zero-order chi connectivity index (χ0) is 13.8. The number of nitrogens with two attached hydrogens (primary N) is 1. The van der Waals surface area contributed by atoms with Gasteiger partial charge in [0.25, 0.3) is 0 Å². The summed E-state index contributed by atoms with van der Waals surface area (Å²) < 4.78 is 0. The number of benzene rings is 2. The van der Waals surface area contributed by atoms with Gasteiger partial charge in [0.1, 0.15) is 0 Å². The van der Waals surface area contributed by atoms with Crippen LogP contribution in [0.3, 0.4) is 0 Å². The van der Waals surface area contributed by atoms with E-state index in [1.54, 1.807) is 6.07 Å². The molecule has 0 fully saturated rings. The predicted octanol–water partition coefficient (Wildman–Crippen LogP) is 4.94. The molecule has 0 aromatic heterocycles. The highest BCUT2D eigenvalue weighted by Gasteiger charge is 2.07. The fourth-order valence-corrected chi connectivity index (χ4v) is 2.43. The van der Waals surface area contributed by atoms with E-state index in [9.17, 15) is 0 Å². The van der Waals surface area contributed by atoms with Crippen LogP contribution in [0.4, 0.5) is 0 Å². The first kappa shape index (κ1) is 14.4. The molecule has 0 aliphatic carbocycles. The molecule has 0 aliphatic heterocycles. The van der Waals surface area contributed by atoms with Gasteiger partial charge >= 0.3 is 0 Å². The highest BCUT2D eigenvalue weighted by atomic mass is 35.5. The Balaban J connectivity index is 2.30. The van der Waals surface area contributed by atoms with E-state index in [0.717, 1.165) is 24.0 Å². The molecule has 2 aromatic rings. The van der Waals surface area contributed by atoms with E-state index < -0.39 is 0 Å². The van der Waals surface area contributed by atoms with Crippen molar-refractivity contribution in [2.45, 2.75) is 25.8 Å². The summed E-state index contributed by atoms with van der Waals surface area (Å²) in [6, 6.07) is 14.3. The third kappa shape index (κ3) is 3.73. The zero-order valence-corrected chi connectivity index (χ0v) is 12.4. The van der Waals surface area contributed by atoms with Crippen LogP contribution >= 0.6 is 23.2 Å². The van der Waals surface area contributed by atoms with Gasteiger partial charge in [-0.3, -0.25) is 0 Å². The number of hydrogen-bond acceptors (Lipinski definition) is 1. The van der Waals surface area contributed by atoms with E-state index in [-0.39, 0.29) is 6.04 Å². The molecule has 1 atom stereocenters. The Morgan fingerprint density at radius 1 is 1.11 bits per heavy atom. The summed E-state index contributed by atoms with van der Waals surface area (Å²) in [5, 5.41) is 1.19. The molecular weight excluding hydrogens is 277 g/mol. The molecule has 3 heteroatoms. The van der Waals surface area contributed by atoms with E-state index in [1.807, 2.05) is 31.2 Å². The normalized spacial score (nSPS) is 12.4. The third-order valence-corrected chi connectivity index (χ3v) is 3.90. The summed E-state index contributed by atoms with van der Waals surface area (Å²) in [5.74, 6) is 0. The van der Waals surface area contributed by atoms with Crippen LogP contribution in [-0.4, -0.2) is 6.04 Å². The van der Waals surface area contributed by atoms with Gasteiger partial charge in [0, 0.05) is 11.6 Å².